The maximum atomic E-state index is 6.97. The van der Waals surface area contributed by atoms with E-state index in [1.165, 1.54) is 11.1 Å². The first-order valence-electron chi connectivity index (χ1n) is 40.9. The van der Waals surface area contributed by atoms with E-state index in [0.29, 0.717) is 23.3 Å². The second-order valence-electron chi connectivity index (χ2n) is 30.1. The Labute approximate surface area is 705 Å². The molecule has 0 aliphatic heterocycles. The molecule has 0 unspecified atom stereocenters. The second-order valence-corrected chi connectivity index (χ2v) is 30.1. The molecule has 572 valence electrons. The van der Waals surface area contributed by atoms with Crippen molar-refractivity contribution in [2.24, 2.45) is 0 Å². The largest absolute Gasteiger partial charge is 0.453 e. The van der Waals surface area contributed by atoms with Gasteiger partial charge < -0.3 is 8.83 Å². The first-order valence-corrected chi connectivity index (χ1v) is 40.9. The molecule has 0 fully saturated rings. The van der Waals surface area contributed by atoms with Crippen LogP contribution in [0.1, 0.15) is 0 Å². The lowest BCUT2D eigenvalue weighted by Crippen LogP contribution is -2.00. The van der Waals surface area contributed by atoms with Crippen molar-refractivity contribution >= 4 is 43.7 Å². The predicted molar refractivity (Wildman–Crippen MR) is 499 cm³/mol. The Bertz CT molecular complexity index is 6840. The van der Waals surface area contributed by atoms with E-state index in [1.807, 2.05) is 97.1 Å². The fraction of sp³-hybridized carbons (Fsp3) is 0. The van der Waals surface area contributed by atoms with E-state index in [-0.39, 0.29) is 0 Å². The Morgan fingerprint density at radius 1 is 0.156 bits per heavy atom. The van der Waals surface area contributed by atoms with Crippen LogP contribution in [0.5, 0.6) is 0 Å². The fourth-order valence-corrected chi connectivity index (χ4v) is 16.4. The van der Waals surface area contributed by atoms with Crippen LogP contribution in [-0.4, -0.2) is 34.9 Å². The van der Waals surface area contributed by atoms with Crippen LogP contribution in [0.15, 0.2) is 452 Å². The Morgan fingerprint density at radius 2 is 0.369 bits per heavy atom. The lowest BCUT2D eigenvalue weighted by Gasteiger charge is -2.12. The Morgan fingerprint density at radius 3 is 0.656 bits per heavy atom. The summed E-state index contributed by atoms with van der Waals surface area (Å²) in [7, 11) is 0. The molecule has 9 heteroatoms. The van der Waals surface area contributed by atoms with Crippen LogP contribution in [0.2, 0.25) is 0 Å². The third-order valence-electron chi connectivity index (χ3n) is 22.5. The Kier molecular flexibility index (Phi) is 19.5. The third-order valence-corrected chi connectivity index (χ3v) is 22.5. The summed E-state index contributed by atoms with van der Waals surface area (Å²) in [6.45, 7) is 0. The minimum absolute atomic E-state index is 0.590. The minimum atomic E-state index is 0.590. The van der Waals surface area contributed by atoms with Gasteiger partial charge in [0.25, 0.3) is 0 Å². The standard InChI is InChI=1S/C57H37N3O.C56H36N4O/c1-5-15-38(16-6-1)40-25-29-42(30-26-40)50-37-51(60-57(59-50)47-35-27-41(28-36-47)39-17-7-2-8-18-39)43-31-33-44(34-32-43)52-53-48-23-13-14-24-49(48)58-54(45-19-9-3-10-20-45)56(53)61-55(52)46-21-11-4-12-22-46;1-5-15-37(16-6-1)39-25-31-44(32-26-39)54-58-55(45-33-27-40(28-34-45)38-17-7-2-8-18-38)60-56(59-54)46-35-29-41(30-36-46)49-50-47-23-13-14-24-48(47)57-51(42-19-9-3-10-20-42)53(50)61-52(49)43-21-11-4-12-22-43/h1-37H;1-36H. The number of nitrogens with zero attached hydrogens (tertiary/aromatic N) is 7. The molecule has 0 amide bonds. The zero-order chi connectivity index (χ0) is 81.1. The highest BCUT2D eigenvalue weighted by atomic mass is 16.3. The molecule has 22 aromatic rings. The molecule has 0 aliphatic carbocycles. The normalized spacial score (nSPS) is 11.3. The molecule has 22 rings (SSSR count). The number of benzene rings is 16. The zero-order valence-electron chi connectivity index (χ0n) is 66.1. The highest BCUT2D eigenvalue weighted by Crippen LogP contribution is 2.50. The molecule has 0 radical (unpaired) electrons. The molecule has 0 aliphatic rings. The summed E-state index contributed by atoms with van der Waals surface area (Å²) in [6.07, 6.45) is 0. The fourth-order valence-electron chi connectivity index (χ4n) is 16.4. The number of para-hydroxylation sites is 2. The summed E-state index contributed by atoms with van der Waals surface area (Å²) in [6, 6.07) is 153. The zero-order valence-corrected chi connectivity index (χ0v) is 66.1. The van der Waals surface area contributed by atoms with Gasteiger partial charge in [-0.3, -0.25) is 0 Å². The van der Waals surface area contributed by atoms with Gasteiger partial charge in [-0.25, -0.2) is 34.9 Å². The predicted octanol–water partition coefficient (Wildman–Crippen LogP) is 29.6. The van der Waals surface area contributed by atoms with Gasteiger partial charge in [-0.1, -0.05) is 425 Å². The van der Waals surface area contributed by atoms with Gasteiger partial charge in [-0.05, 0) is 73.8 Å². The molecular formula is C113H73N7O2. The number of hydrogen-bond donors (Lipinski definition) is 0. The number of fused-ring (bicyclic) bond motifs is 6. The van der Waals surface area contributed by atoms with Gasteiger partial charge in [0, 0.05) is 88.3 Å². The van der Waals surface area contributed by atoms with Crippen molar-refractivity contribution in [1.29, 1.82) is 0 Å². The van der Waals surface area contributed by atoms with Gasteiger partial charge in [0.15, 0.2) is 34.5 Å². The third kappa shape index (κ3) is 14.5. The first-order chi connectivity index (χ1) is 60.5. The average molecular weight is 1560 g/mol. The summed E-state index contributed by atoms with van der Waals surface area (Å²) in [4.78, 5) is 36.0. The summed E-state index contributed by atoms with van der Waals surface area (Å²) in [5.41, 5.74) is 29.7. The molecule has 0 N–H and O–H groups in total. The van der Waals surface area contributed by atoms with Gasteiger partial charge in [0.05, 0.1) is 22.4 Å². The molecule has 0 spiro atoms. The molecule has 0 saturated heterocycles. The Balaban J connectivity index is 0.000000150. The summed E-state index contributed by atoms with van der Waals surface area (Å²) >= 11 is 0. The number of aromatic nitrogens is 7. The van der Waals surface area contributed by atoms with E-state index < -0.39 is 0 Å². The summed E-state index contributed by atoms with van der Waals surface area (Å²) < 4.78 is 13.9. The lowest BCUT2D eigenvalue weighted by molar-refractivity contribution is 0.632. The van der Waals surface area contributed by atoms with Gasteiger partial charge in [0.2, 0.25) is 0 Å². The Hall–Kier alpha value is -16.5. The van der Waals surface area contributed by atoms with E-state index >= 15 is 0 Å². The van der Waals surface area contributed by atoms with E-state index in [9.17, 15) is 0 Å². The van der Waals surface area contributed by atoms with Crippen molar-refractivity contribution in [3.63, 3.8) is 0 Å². The summed E-state index contributed by atoms with van der Waals surface area (Å²) in [5, 5.41) is 4.15. The van der Waals surface area contributed by atoms with Crippen LogP contribution in [-0.2, 0) is 0 Å². The number of furan rings is 2. The molecule has 0 atom stereocenters. The van der Waals surface area contributed by atoms with Crippen molar-refractivity contribution in [1.82, 2.24) is 34.9 Å². The minimum Gasteiger partial charge on any atom is -0.453 e. The number of hydrogen-bond acceptors (Lipinski definition) is 9. The van der Waals surface area contributed by atoms with Gasteiger partial charge in [0.1, 0.15) is 22.9 Å². The second kappa shape index (κ2) is 32.5. The van der Waals surface area contributed by atoms with Crippen LogP contribution < -0.4 is 0 Å². The molecule has 9 nitrogen and oxygen atoms in total. The molecule has 6 aromatic heterocycles. The summed E-state index contributed by atoms with van der Waals surface area (Å²) in [5.74, 6) is 4.07. The van der Waals surface area contributed by atoms with E-state index in [4.69, 9.17) is 43.7 Å². The van der Waals surface area contributed by atoms with Gasteiger partial charge >= 0.3 is 0 Å². The highest BCUT2D eigenvalue weighted by molar-refractivity contribution is 6.20. The van der Waals surface area contributed by atoms with Crippen molar-refractivity contribution in [3.8, 4) is 180 Å². The van der Waals surface area contributed by atoms with Gasteiger partial charge in [-0.15, -0.1) is 0 Å². The van der Waals surface area contributed by atoms with Crippen molar-refractivity contribution in [2.45, 2.75) is 0 Å². The van der Waals surface area contributed by atoms with Crippen LogP contribution in [0.25, 0.3) is 224 Å². The smallest absolute Gasteiger partial charge is 0.164 e. The van der Waals surface area contributed by atoms with E-state index in [1.54, 1.807) is 0 Å². The number of pyridine rings is 2. The lowest BCUT2D eigenvalue weighted by atomic mass is 9.94. The number of rotatable bonds is 16. The van der Waals surface area contributed by atoms with E-state index in [0.717, 1.165) is 189 Å². The molecule has 16 aromatic carbocycles. The molecule has 0 bridgehead atoms. The molecule has 122 heavy (non-hydrogen) atoms. The van der Waals surface area contributed by atoms with Crippen molar-refractivity contribution in [3.05, 3.63) is 443 Å². The van der Waals surface area contributed by atoms with Crippen LogP contribution in [0.4, 0.5) is 0 Å². The SMILES string of the molecule is c1ccc(-c2ccc(-c3cc(-c4ccc(-c5c(-c6ccccc6)oc6c(-c7ccccc7)nc7ccccc7c56)cc4)nc(-c4ccc(-c5ccccc5)cc4)n3)cc2)cc1.c1ccc(-c2ccc(-c3nc(-c4ccc(-c5ccccc5)cc4)nc(-c4ccc(-c5c(-c6ccccc6)oc6c(-c7ccccc7)nc7ccccc7c56)cc4)n3)cc2)cc1. The monoisotopic (exact) mass is 1560 g/mol. The topological polar surface area (TPSA) is 117 Å². The van der Waals surface area contributed by atoms with Gasteiger partial charge in [-0.2, -0.15) is 0 Å². The highest BCUT2D eigenvalue weighted by Gasteiger charge is 2.28. The van der Waals surface area contributed by atoms with Crippen LogP contribution >= 0.6 is 0 Å². The molecule has 6 heterocycles. The van der Waals surface area contributed by atoms with Crippen molar-refractivity contribution in [2.75, 3.05) is 0 Å². The van der Waals surface area contributed by atoms with Crippen molar-refractivity contribution < 1.29 is 8.83 Å². The van der Waals surface area contributed by atoms with Crippen LogP contribution in [0.3, 0.4) is 0 Å². The maximum Gasteiger partial charge on any atom is 0.164 e. The maximum absolute atomic E-state index is 6.97. The average Bonchev–Trinajstić information content (AvgIpc) is 1.57. The first kappa shape index (κ1) is 73.2. The molecule has 0 saturated carbocycles. The molecular weight excluding hydrogens is 1490 g/mol. The van der Waals surface area contributed by atoms with Crippen LogP contribution in [0, 0.1) is 0 Å². The quantitative estimate of drug-likeness (QED) is 0.0932. The van der Waals surface area contributed by atoms with E-state index in [2.05, 4.69) is 346 Å².